The van der Waals surface area contributed by atoms with Gasteiger partial charge in [-0.05, 0) is 31.6 Å². The molecule has 92 valence electrons. The molecule has 0 radical (unpaired) electrons. The zero-order chi connectivity index (χ0) is 11.7. The van der Waals surface area contributed by atoms with Gasteiger partial charge < -0.3 is 10.6 Å². The van der Waals surface area contributed by atoms with Crippen molar-refractivity contribution in [3.05, 3.63) is 12.4 Å². The van der Waals surface area contributed by atoms with Crippen molar-refractivity contribution < 1.29 is 0 Å². The molecule has 1 aliphatic carbocycles. The van der Waals surface area contributed by atoms with Crippen LogP contribution >= 0.6 is 0 Å². The molecule has 3 rings (SSSR count). The summed E-state index contributed by atoms with van der Waals surface area (Å²) in [5.74, 6) is 2.47. The van der Waals surface area contributed by atoms with E-state index in [1.54, 1.807) is 6.33 Å². The lowest BCUT2D eigenvalue weighted by Gasteiger charge is -2.30. The van der Waals surface area contributed by atoms with Crippen molar-refractivity contribution in [2.24, 2.45) is 5.92 Å². The van der Waals surface area contributed by atoms with Crippen LogP contribution in [0, 0.1) is 5.92 Å². The molecular weight excluding hydrogens is 212 g/mol. The van der Waals surface area contributed by atoms with Gasteiger partial charge >= 0.3 is 0 Å². The number of nitrogens with two attached hydrogens (primary N) is 1. The van der Waals surface area contributed by atoms with Crippen LogP contribution in [-0.2, 0) is 0 Å². The fourth-order valence-electron chi connectivity index (χ4n) is 3.43. The van der Waals surface area contributed by atoms with Crippen molar-refractivity contribution in [1.29, 1.82) is 0 Å². The number of nitrogens with zero attached hydrogens (tertiary/aromatic N) is 3. The lowest BCUT2D eigenvalue weighted by molar-refractivity contribution is 0.429. The molecule has 1 unspecified atom stereocenters. The average molecular weight is 232 g/mol. The molecule has 1 aromatic rings. The molecule has 1 saturated carbocycles. The van der Waals surface area contributed by atoms with Crippen LogP contribution in [0.3, 0.4) is 0 Å². The minimum Gasteiger partial charge on any atom is -0.384 e. The van der Waals surface area contributed by atoms with Gasteiger partial charge in [0.2, 0.25) is 0 Å². The third kappa shape index (κ3) is 2.08. The van der Waals surface area contributed by atoms with Crippen LogP contribution in [0.25, 0.3) is 0 Å². The largest absolute Gasteiger partial charge is 0.384 e. The lowest BCUT2D eigenvalue weighted by Crippen LogP contribution is -2.35. The Morgan fingerprint density at radius 1 is 1.12 bits per heavy atom. The first-order valence-electron chi connectivity index (χ1n) is 6.69. The zero-order valence-corrected chi connectivity index (χ0v) is 10.2. The van der Waals surface area contributed by atoms with Crippen LogP contribution in [0.4, 0.5) is 11.6 Å². The highest BCUT2D eigenvalue weighted by atomic mass is 15.2. The molecule has 1 aromatic heterocycles. The Bertz CT molecular complexity index is 387. The second kappa shape index (κ2) is 4.51. The normalized spacial score (nSPS) is 25.6. The van der Waals surface area contributed by atoms with Crippen LogP contribution in [0.1, 0.15) is 38.5 Å². The van der Waals surface area contributed by atoms with E-state index in [2.05, 4.69) is 14.9 Å². The highest BCUT2D eigenvalue weighted by molar-refractivity contribution is 5.47. The topological polar surface area (TPSA) is 55.0 Å². The summed E-state index contributed by atoms with van der Waals surface area (Å²) in [7, 11) is 0. The van der Waals surface area contributed by atoms with Gasteiger partial charge in [-0.25, -0.2) is 9.97 Å². The molecule has 0 spiro atoms. The third-order valence-electron chi connectivity index (χ3n) is 4.21. The van der Waals surface area contributed by atoms with Crippen LogP contribution in [0.15, 0.2) is 12.4 Å². The Morgan fingerprint density at radius 2 is 1.94 bits per heavy atom. The summed E-state index contributed by atoms with van der Waals surface area (Å²) >= 11 is 0. The van der Waals surface area contributed by atoms with Gasteiger partial charge in [0, 0.05) is 18.7 Å². The molecule has 1 aliphatic heterocycles. The SMILES string of the molecule is Nc1cc(N2CCCC2C2CCCC2)ncn1. The smallest absolute Gasteiger partial charge is 0.134 e. The number of rotatable bonds is 2. The fraction of sp³-hybridized carbons (Fsp3) is 0.692. The van der Waals surface area contributed by atoms with Crippen molar-refractivity contribution in [2.75, 3.05) is 17.2 Å². The van der Waals surface area contributed by atoms with Gasteiger partial charge in [-0.15, -0.1) is 0 Å². The van der Waals surface area contributed by atoms with Gasteiger partial charge in [-0.1, -0.05) is 12.8 Å². The minimum atomic E-state index is 0.576. The summed E-state index contributed by atoms with van der Waals surface area (Å²) in [4.78, 5) is 10.8. The van der Waals surface area contributed by atoms with Crippen LogP contribution in [0.2, 0.25) is 0 Å². The summed E-state index contributed by atoms with van der Waals surface area (Å²) in [5.41, 5.74) is 5.75. The zero-order valence-electron chi connectivity index (χ0n) is 10.2. The van der Waals surface area contributed by atoms with E-state index >= 15 is 0 Å². The summed E-state index contributed by atoms with van der Waals surface area (Å²) in [6, 6.07) is 2.60. The van der Waals surface area contributed by atoms with Crippen molar-refractivity contribution in [3.63, 3.8) is 0 Å². The molecule has 2 fully saturated rings. The molecule has 17 heavy (non-hydrogen) atoms. The molecule has 2 aliphatic rings. The maximum atomic E-state index is 5.75. The Kier molecular flexibility index (Phi) is 2.87. The Hall–Kier alpha value is -1.32. The summed E-state index contributed by atoms with van der Waals surface area (Å²) in [6.07, 6.45) is 9.76. The maximum Gasteiger partial charge on any atom is 0.134 e. The molecule has 0 bridgehead atoms. The summed E-state index contributed by atoms with van der Waals surface area (Å²) in [5, 5.41) is 0. The molecule has 2 heterocycles. The van der Waals surface area contributed by atoms with Crippen molar-refractivity contribution in [2.45, 2.75) is 44.6 Å². The number of hydrogen-bond donors (Lipinski definition) is 1. The first-order chi connectivity index (χ1) is 8.34. The number of aromatic nitrogens is 2. The molecule has 1 saturated heterocycles. The number of nitrogen functional groups attached to an aromatic ring is 1. The first-order valence-corrected chi connectivity index (χ1v) is 6.69. The van der Waals surface area contributed by atoms with E-state index in [9.17, 15) is 0 Å². The number of hydrogen-bond acceptors (Lipinski definition) is 4. The fourth-order valence-corrected chi connectivity index (χ4v) is 3.43. The van der Waals surface area contributed by atoms with Crippen LogP contribution in [-0.4, -0.2) is 22.6 Å². The van der Waals surface area contributed by atoms with Crippen molar-refractivity contribution in [3.8, 4) is 0 Å². The van der Waals surface area contributed by atoms with Gasteiger partial charge in [0.15, 0.2) is 0 Å². The van der Waals surface area contributed by atoms with E-state index in [0.29, 0.717) is 11.9 Å². The quantitative estimate of drug-likeness (QED) is 0.849. The van der Waals surface area contributed by atoms with E-state index in [4.69, 9.17) is 5.73 Å². The highest BCUT2D eigenvalue weighted by Gasteiger charge is 2.33. The maximum absolute atomic E-state index is 5.75. The van der Waals surface area contributed by atoms with Gasteiger partial charge in [-0.3, -0.25) is 0 Å². The molecule has 4 heteroatoms. The van der Waals surface area contributed by atoms with E-state index in [1.165, 1.54) is 38.5 Å². The van der Waals surface area contributed by atoms with E-state index in [0.717, 1.165) is 18.3 Å². The van der Waals surface area contributed by atoms with Gasteiger partial charge in [0.1, 0.15) is 18.0 Å². The van der Waals surface area contributed by atoms with Gasteiger partial charge in [0.25, 0.3) is 0 Å². The van der Waals surface area contributed by atoms with Crippen molar-refractivity contribution in [1.82, 2.24) is 9.97 Å². The Balaban J connectivity index is 1.81. The van der Waals surface area contributed by atoms with E-state index in [-0.39, 0.29) is 0 Å². The molecule has 4 nitrogen and oxygen atoms in total. The average Bonchev–Trinajstić information content (AvgIpc) is 3.00. The van der Waals surface area contributed by atoms with Crippen molar-refractivity contribution >= 4 is 11.6 Å². The Morgan fingerprint density at radius 3 is 2.71 bits per heavy atom. The number of anilines is 2. The molecule has 1 atom stereocenters. The first kappa shape index (κ1) is 10.8. The van der Waals surface area contributed by atoms with E-state index < -0.39 is 0 Å². The standard InChI is InChI=1S/C13H20N4/c14-12-8-13(16-9-15-12)17-7-3-6-11(17)10-4-1-2-5-10/h8-11H,1-7H2,(H2,14,15,16). The summed E-state index contributed by atoms with van der Waals surface area (Å²) < 4.78 is 0. The van der Waals surface area contributed by atoms with E-state index in [1.807, 2.05) is 6.07 Å². The molecule has 0 amide bonds. The summed E-state index contributed by atoms with van der Waals surface area (Å²) in [6.45, 7) is 1.12. The van der Waals surface area contributed by atoms with Crippen LogP contribution in [0.5, 0.6) is 0 Å². The third-order valence-corrected chi connectivity index (χ3v) is 4.21. The van der Waals surface area contributed by atoms with Crippen LogP contribution < -0.4 is 10.6 Å². The second-order valence-corrected chi connectivity index (χ2v) is 5.25. The van der Waals surface area contributed by atoms with Gasteiger partial charge in [-0.2, -0.15) is 0 Å². The van der Waals surface area contributed by atoms with Gasteiger partial charge in [0.05, 0.1) is 0 Å². The predicted molar refractivity (Wildman–Crippen MR) is 68.8 cm³/mol. The lowest BCUT2D eigenvalue weighted by atomic mass is 9.96. The molecule has 0 aromatic carbocycles. The second-order valence-electron chi connectivity index (χ2n) is 5.25. The minimum absolute atomic E-state index is 0.576. The monoisotopic (exact) mass is 232 g/mol. The Labute approximate surface area is 102 Å². The molecular formula is C13H20N4. The molecule has 2 N–H and O–H groups in total. The predicted octanol–water partition coefficient (Wildman–Crippen LogP) is 2.22. The highest BCUT2D eigenvalue weighted by Crippen LogP contribution is 2.37.